The maximum absolute atomic E-state index is 9.83. The molecule has 0 spiro atoms. The van der Waals surface area contributed by atoms with E-state index in [1.54, 1.807) is 12.1 Å². The third-order valence-corrected chi connectivity index (χ3v) is 4.61. The number of phenolic OH excluding ortho intramolecular Hbond substituents is 1. The van der Waals surface area contributed by atoms with Crippen LogP contribution in [0.3, 0.4) is 0 Å². The molecule has 0 unspecified atom stereocenters. The summed E-state index contributed by atoms with van der Waals surface area (Å²) >= 11 is 12.2. The van der Waals surface area contributed by atoms with Gasteiger partial charge in [-0.1, -0.05) is 59.6 Å². The smallest absolute Gasteiger partial charge is 0.152 e. The van der Waals surface area contributed by atoms with Crippen LogP contribution in [0, 0.1) is 0 Å². The van der Waals surface area contributed by atoms with Crippen LogP contribution in [-0.2, 0) is 0 Å². The van der Waals surface area contributed by atoms with Crippen molar-refractivity contribution in [1.82, 2.24) is 4.57 Å². The van der Waals surface area contributed by atoms with Crippen LogP contribution in [0.5, 0.6) is 5.75 Å². The molecule has 4 heteroatoms. The molecular weight excluding hydrogens is 341 g/mol. The SMILES string of the molecule is Oc1c(Cl)cc(-c2cc3ccccc3n2-c2ccccc2)cc1Cl. The molecule has 0 aliphatic heterocycles. The van der Waals surface area contributed by atoms with E-state index in [4.69, 9.17) is 23.2 Å². The average Bonchev–Trinajstić information content (AvgIpc) is 2.99. The highest BCUT2D eigenvalue weighted by molar-refractivity contribution is 6.37. The van der Waals surface area contributed by atoms with Crippen molar-refractivity contribution in [3.05, 3.63) is 82.8 Å². The van der Waals surface area contributed by atoms with Gasteiger partial charge in [0.2, 0.25) is 0 Å². The number of para-hydroxylation sites is 2. The molecule has 1 aromatic heterocycles. The summed E-state index contributed by atoms with van der Waals surface area (Å²) < 4.78 is 2.16. The molecule has 0 aliphatic rings. The summed E-state index contributed by atoms with van der Waals surface area (Å²) in [6, 6.07) is 23.9. The molecule has 0 radical (unpaired) electrons. The van der Waals surface area contributed by atoms with E-state index in [0.29, 0.717) is 0 Å². The Kier molecular flexibility index (Phi) is 3.72. The highest BCUT2D eigenvalue weighted by atomic mass is 35.5. The molecule has 3 aromatic carbocycles. The van der Waals surface area contributed by atoms with Crippen molar-refractivity contribution in [2.24, 2.45) is 0 Å². The molecule has 0 amide bonds. The van der Waals surface area contributed by atoms with Gasteiger partial charge in [0.25, 0.3) is 0 Å². The minimum atomic E-state index is -0.0931. The summed E-state index contributed by atoms with van der Waals surface area (Å²) in [6.07, 6.45) is 0. The van der Waals surface area contributed by atoms with Crippen molar-refractivity contribution in [3.63, 3.8) is 0 Å². The van der Waals surface area contributed by atoms with E-state index in [9.17, 15) is 5.11 Å². The quantitative estimate of drug-likeness (QED) is 0.448. The molecule has 0 atom stereocenters. The summed E-state index contributed by atoms with van der Waals surface area (Å²) in [5.74, 6) is -0.0931. The number of nitrogens with zero attached hydrogens (tertiary/aromatic N) is 1. The number of aromatic nitrogens is 1. The largest absolute Gasteiger partial charge is 0.505 e. The van der Waals surface area contributed by atoms with Crippen LogP contribution < -0.4 is 0 Å². The Morgan fingerprint density at radius 3 is 2.08 bits per heavy atom. The Morgan fingerprint density at radius 1 is 0.750 bits per heavy atom. The minimum absolute atomic E-state index is 0.0931. The van der Waals surface area contributed by atoms with E-state index in [-0.39, 0.29) is 15.8 Å². The summed E-state index contributed by atoms with van der Waals surface area (Å²) in [5, 5.41) is 11.4. The molecule has 0 saturated heterocycles. The fourth-order valence-electron chi connectivity index (χ4n) is 2.94. The van der Waals surface area contributed by atoms with Crippen molar-refractivity contribution in [3.8, 4) is 22.7 Å². The van der Waals surface area contributed by atoms with Crippen molar-refractivity contribution in [1.29, 1.82) is 0 Å². The maximum atomic E-state index is 9.83. The fraction of sp³-hybridized carbons (Fsp3) is 0. The summed E-state index contributed by atoms with van der Waals surface area (Å²) in [6.45, 7) is 0. The van der Waals surface area contributed by atoms with E-state index >= 15 is 0 Å². The molecule has 0 fully saturated rings. The Hall–Kier alpha value is -2.42. The van der Waals surface area contributed by atoms with Gasteiger partial charge in [0.15, 0.2) is 5.75 Å². The lowest BCUT2D eigenvalue weighted by Gasteiger charge is -2.12. The van der Waals surface area contributed by atoms with Gasteiger partial charge >= 0.3 is 0 Å². The van der Waals surface area contributed by atoms with E-state index in [1.807, 2.05) is 30.3 Å². The molecule has 0 saturated carbocycles. The summed E-state index contributed by atoms with van der Waals surface area (Å²) in [5.41, 5.74) is 3.96. The third-order valence-electron chi connectivity index (χ3n) is 4.04. The molecule has 24 heavy (non-hydrogen) atoms. The predicted molar refractivity (Wildman–Crippen MR) is 100 cm³/mol. The van der Waals surface area contributed by atoms with Gasteiger partial charge in [0.05, 0.1) is 21.3 Å². The lowest BCUT2D eigenvalue weighted by atomic mass is 10.1. The number of rotatable bonds is 2. The van der Waals surface area contributed by atoms with Crippen molar-refractivity contribution in [2.75, 3.05) is 0 Å². The van der Waals surface area contributed by atoms with Crippen molar-refractivity contribution >= 4 is 34.1 Å². The first kappa shape index (κ1) is 15.1. The fourth-order valence-corrected chi connectivity index (χ4v) is 3.42. The first-order valence-electron chi connectivity index (χ1n) is 7.49. The molecule has 118 valence electrons. The number of halogens is 2. The van der Waals surface area contributed by atoms with Gasteiger partial charge in [-0.25, -0.2) is 0 Å². The van der Waals surface area contributed by atoms with E-state index in [0.717, 1.165) is 27.8 Å². The Labute approximate surface area is 149 Å². The Morgan fingerprint density at radius 2 is 1.38 bits per heavy atom. The van der Waals surface area contributed by atoms with E-state index in [2.05, 4.69) is 34.9 Å². The molecular formula is C20H13Cl2NO. The zero-order valence-corrected chi connectivity index (χ0v) is 14.1. The van der Waals surface area contributed by atoms with Crippen LogP contribution in [0.15, 0.2) is 72.8 Å². The third kappa shape index (κ3) is 2.44. The normalized spacial score (nSPS) is 11.1. The summed E-state index contributed by atoms with van der Waals surface area (Å²) in [7, 11) is 0. The molecule has 1 N–H and O–H groups in total. The number of hydrogen-bond acceptors (Lipinski definition) is 1. The van der Waals surface area contributed by atoms with Crippen LogP contribution in [0.25, 0.3) is 27.8 Å². The number of aromatic hydroxyl groups is 1. The molecule has 2 nitrogen and oxygen atoms in total. The van der Waals surface area contributed by atoms with Crippen LogP contribution in [0.2, 0.25) is 10.0 Å². The highest BCUT2D eigenvalue weighted by Gasteiger charge is 2.15. The lowest BCUT2D eigenvalue weighted by Crippen LogP contribution is -1.96. The standard InChI is InChI=1S/C20H13Cl2NO/c21-16-10-14(11-17(22)20(16)24)19-12-13-6-4-5-9-18(13)23(19)15-7-2-1-3-8-15/h1-12,24H. The second-order valence-electron chi connectivity index (χ2n) is 5.55. The topological polar surface area (TPSA) is 25.2 Å². The van der Waals surface area contributed by atoms with Gasteiger partial charge in [-0.3, -0.25) is 0 Å². The molecule has 0 aliphatic carbocycles. The zero-order valence-electron chi connectivity index (χ0n) is 12.6. The average molecular weight is 354 g/mol. The summed E-state index contributed by atoms with van der Waals surface area (Å²) in [4.78, 5) is 0. The Balaban J connectivity index is 2.06. The van der Waals surface area contributed by atoms with Crippen LogP contribution in [0.1, 0.15) is 0 Å². The maximum Gasteiger partial charge on any atom is 0.152 e. The number of fused-ring (bicyclic) bond motifs is 1. The predicted octanol–water partition coefficient (Wildman–Crippen LogP) is 6.31. The van der Waals surface area contributed by atoms with Crippen molar-refractivity contribution < 1.29 is 5.11 Å². The van der Waals surface area contributed by atoms with Gasteiger partial charge in [0.1, 0.15) is 0 Å². The van der Waals surface area contributed by atoms with Gasteiger partial charge in [0, 0.05) is 16.6 Å². The highest BCUT2D eigenvalue weighted by Crippen LogP contribution is 2.39. The Bertz CT molecular complexity index is 1020. The van der Waals surface area contributed by atoms with Gasteiger partial charge in [-0.15, -0.1) is 0 Å². The minimum Gasteiger partial charge on any atom is -0.505 e. The second kappa shape index (κ2) is 5.90. The first-order chi connectivity index (χ1) is 11.6. The van der Waals surface area contributed by atoms with E-state index < -0.39 is 0 Å². The van der Waals surface area contributed by atoms with Crippen LogP contribution in [-0.4, -0.2) is 9.67 Å². The van der Waals surface area contributed by atoms with Gasteiger partial charge in [-0.2, -0.15) is 0 Å². The van der Waals surface area contributed by atoms with Crippen LogP contribution in [0.4, 0.5) is 0 Å². The van der Waals surface area contributed by atoms with E-state index in [1.165, 1.54) is 0 Å². The van der Waals surface area contributed by atoms with Crippen molar-refractivity contribution in [2.45, 2.75) is 0 Å². The van der Waals surface area contributed by atoms with Gasteiger partial charge < -0.3 is 9.67 Å². The number of phenols is 1. The molecule has 4 rings (SSSR count). The number of benzene rings is 3. The zero-order chi connectivity index (χ0) is 16.7. The molecule has 0 bridgehead atoms. The first-order valence-corrected chi connectivity index (χ1v) is 8.25. The number of hydrogen-bond donors (Lipinski definition) is 1. The second-order valence-corrected chi connectivity index (χ2v) is 6.36. The van der Waals surface area contributed by atoms with Crippen LogP contribution >= 0.6 is 23.2 Å². The monoisotopic (exact) mass is 353 g/mol. The molecule has 1 heterocycles. The lowest BCUT2D eigenvalue weighted by molar-refractivity contribution is 0.476. The molecule has 4 aromatic rings. The van der Waals surface area contributed by atoms with Gasteiger partial charge in [-0.05, 0) is 36.4 Å².